The van der Waals surface area contributed by atoms with E-state index in [2.05, 4.69) is 0 Å². The molecule has 0 saturated carbocycles. The Balaban J connectivity index is 3.51. The van der Waals surface area contributed by atoms with Crippen LogP contribution in [0.1, 0.15) is 31.7 Å². The summed E-state index contributed by atoms with van der Waals surface area (Å²) in [6.07, 6.45) is 0.653. The summed E-state index contributed by atoms with van der Waals surface area (Å²) in [5.74, 6) is -0.0314. The molecule has 2 atom stereocenters. The molecule has 0 radical (unpaired) electrons. The molecule has 162 valence electrons. The van der Waals surface area contributed by atoms with Crippen molar-refractivity contribution in [3.05, 3.63) is 29.8 Å². The highest BCUT2D eigenvalue weighted by Crippen LogP contribution is 2.32. The molecule has 2 unspecified atom stereocenters. The van der Waals surface area contributed by atoms with E-state index in [-0.39, 0.29) is 5.92 Å². The molecule has 0 aliphatic heterocycles. The first-order valence-corrected chi connectivity index (χ1v) is 11.6. The highest BCUT2D eigenvalue weighted by Gasteiger charge is 2.53. The van der Waals surface area contributed by atoms with E-state index in [0.717, 1.165) is 12.1 Å². The number of alkyl halides is 6. The number of hydrogen-bond donors (Lipinski definition) is 1. The van der Waals surface area contributed by atoms with Gasteiger partial charge in [-0.15, -0.1) is 4.13 Å². The van der Waals surface area contributed by atoms with Gasteiger partial charge in [0.15, 0.2) is 0 Å². The van der Waals surface area contributed by atoms with Gasteiger partial charge in [-0.05, 0) is 30.0 Å². The Bertz CT molecular complexity index is 1040. The van der Waals surface area contributed by atoms with Crippen LogP contribution < -0.4 is 4.13 Å². The largest absolute Gasteiger partial charge is 0.519 e. The Labute approximate surface area is 157 Å². The van der Waals surface area contributed by atoms with Crippen LogP contribution in [0.25, 0.3) is 0 Å². The lowest BCUT2D eigenvalue weighted by Gasteiger charge is -2.16. The third-order valence-corrected chi connectivity index (χ3v) is 8.92. The van der Waals surface area contributed by atoms with E-state index in [0.29, 0.717) is 16.1 Å². The van der Waals surface area contributed by atoms with Crippen LogP contribution in [0.4, 0.5) is 26.3 Å². The van der Waals surface area contributed by atoms with Gasteiger partial charge in [0.05, 0.1) is 4.90 Å². The van der Waals surface area contributed by atoms with Crippen molar-refractivity contribution in [1.82, 2.24) is 4.13 Å². The fourth-order valence-corrected chi connectivity index (χ4v) is 6.32. The minimum Gasteiger partial charge on any atom is -0.222 e. The van der Waals surface area contributed by atoms with Crippen molar-refractivity contribution < 1.29 is 47.4 Å². The molecule has 16 heteroatoms. The second kappa shape index (κ2) is 7.79. The summed E-state index contributed by atoms with van der Waals surface area (Å²) < 4.78 is 135. The molecule has 0 amide bonds. The molecule has 0 bridgehead atoms. The van der Waals surface area contributed by atoms with E-state index in [1.165, 1.54) is 15.9 Å². The molecular weight excluding hydrogens is 462 g/mol. The van der Waals surface area contributed by atoms with Gasteiger partial charge in [-0.2, -0.15) is 34.8 Å². The zero-order valence-electron chi connectivity index (χ0n) is 14.1. The predicted molar refractivity (Wildman–Crippen MR) is 87.1 cm³/mol. The molecule has 28 heavy (non-hydrogen) atoms. The van der Waals surface area contributed by atoms with Crippen molar-refractivity contribution >= 4 is 30.0 Å². The van der Waals surface area contributed by atoms with Crippen molar-refractivity contribution in [3.8, 4) is 0 Å². The highest BCUT2D eigenvalue weighted by molar-refractivity contribution is 8.10. The number of sulfonamides is 2. The standard InChI is InChI=1S/C12H14F6N2O5S3/c1-3-8(2)9-4-6-10(7-5-9)26(21,22)19-27(23,11(13,14)15)20-28(24,25)12(16,17)18/h4-8H,3H2,1-2H3,(H,19,20,23). The third-order valence-electron chi connectivity index (χ3n) is 3.40. The van der Waals surface area contributed by atoms with Crippen LogP contribution in [0.2, 0.25) is 0 Å². The van der Waals surface area contributed by atoms with Crippen LogP contribution in [0.5, 0.6) is 0 Å². The summed E-state index contributed by atoms with van der Waals surface area (Å²) in [5.41, 5.74) is -12.0. The van der Waals surface area contributed by atoms with Gasteiger partial charge >= 0.3 is 21.0 Å². The summed E-state index contributed by atoms with van der Waals surface area (Å²) in [7, 11) is -18.9. The number of halogens is 6. The molecule has 1 aromatic carbocycles. The van der Waals surface area contributed by atoms with Crippen molar-refractivity contribution in [3.63, 3.8) is 0 Å². The van der Waals surface area contributed by atoms with Crippen molar-refractivity contribution in [2.24, 2.45) is 3.77 Å². The second-order valence-electron chi connectivity index (χ2n) is 5.43. The number of nitrogens with zero attached hydrogens (tertiary/aromatic N) is 1. The van der Waals surface area contributed by atoms with Crippen LogP contribution in [-0.2, 0) is 30.0 Å². The summed E-state index contributed by atoms with van der Waals surface area (Å²) in [4.78, 5) is -0.879. The monoisotopic (exact) mass is 476 g/mol. The van der Waals surface area contributed by atoms with Crippen LogP contribution in [0.15, 0.2) is 32.9 Å². The summed E-state index contributed by atoms with van der Waals surface area (Å²) in [6, 6.07) is 4.14. The van der Waals surface area contributed by atoms with Gasteiger partial charge in [0.1, 0.15) is 0 Å². The molecule has 0 aliphatic rings. The average Bonchev–Trinajstić information content (AvgIpc) is 2.51. The van der Waals surface area contributed by atoms with E-state index in [4.69, 9.17) is 0 Å². The molecule has 1 aromatic rings. The van der Waals surface area contributed by atoms with Crippen molar-refractivity contribution in [2.45, 2.75) is 42.1 Å². The van der Waals surface area contributed by atoms with Crippen LogP contribution in [0, 0.1) is 0 Å². The van der Waals surface area contributed by atoms with Crippen molar-refractivity contribution in [1.29, 1.82) is 0 Å². The lowest BCUT2D eigenvalue weighted by Crippen LogP contribution is -2.41. The SMILES string of the molecule is CCC(C)c1ccc(S(=O)(=O)NS(=O)(=NS(=O)(=O)C(F)(F)F)C(F)(F)F)cc1. The zero-order valence-corrected chi connectivity index (χ0v) is 16.5. The van der Waals surface area contributed by atoms with Gasteiger partial charge in [0, 0.05) is 0 Å². The normalized spacial score (nSPS) is 17.0. The Hall–Kier alpha value is -1.39. The van der Waals surface area contributed by atoms with Gasteiger partial charge in [0.25, 0.3) is 10.0 Å². The third kappa shape index (κ3) is 5.36. The Morgan fingerprint density at radius 1 is 0.929 bits per heavy atom. The fraction of sp³-hybridized carbons (Fsp3) is 0.500. The van der Waals surface area contributed by atoms with E-state index in [9.17, 15) is 47.4 Å². The number of hydrogen-bond acceptors (Lipinski definition) is 5. The maximum Gasteiger partial charge on any atom is 0.519 e. The second-order valence-corrected chi connectivity index (χ2v) is 11.1. The van der Waals surface area contributed by atoms with Gasteiger partial charge in [-0.3, -0.25) is 0 Å². The molecule has 0 aromatic heterocycles. The number of rotatable bonds is 6. The molecule has 0 spiro atoms. The van der Waals surface area contributed by atoms with Crippen LogP contribution in [-0.4, -0.2) is 32.1 Å². The van der Waals surface area contributed by atoms with E-state index >= 15 is 0 Å². The molecule has 0 aliphatic carbocycles. The quantitative estimate of drug-likeness (QED) is 0.634. The molecule has 0 saturated heterocycles. The molecular formula is C12H14F6N2O5S3. The fourth-order valence-electron chi connectivity index (χ4n) is 1.69. The molecule has 0 fully saturated rings. The van der Waals surface area contributed by atoms with E-state index in [1.807, 2.05) is 6.92 Å². The molecule has 7 nitrogen and oxygen atoms in total. The molecule has 1 N–H and O–H groups in total. The minimum absolute atomic E-state index is 0.0314. The zero-order chi connectivity index (χ0) is 22.2. The minimum atomic E-state index is -6.91. The number of nitrogens with one attached hydrogen (secondary N) is 1. The van der Waals surface area contributed by atoms with Gasteiger partial charge < -0.3 is 0 Å². The summed E-state index contributed by atoms with van der Waals surface area (Å²) in [5, 5.41) is 0. The Kier molecular flexibility index (Phi) is 6.86. The van der Waals surface area contributed by atoms with E-state index < -0.39 is 45.9 Å². The smallest absolute Gasteiger partial charge is 0.222 e. The van der Waals surface area contributed by atoms with Gasteiger partial charge in [0.2, 0.25) is 9.92 Å². The molecule has 0 heterocycles. The predicted octanol–water partition coefficient (Wildman–Crippen LogP) is 3.23. The first-order valence-electron chi connectivity index (χ1n) is 7.16. The highest BCUT2D eigenvalue weighted by atomic mass is 32.3. The Morgan fingerprint density at radius 3 is 1.75 bits per heavy atom. The first-order chi connectivity index (χ1) is 12.4. The van der Waals surface area contributed by atoms with Gasteiger partial charge in [-0.1, -0.05) is 29.7 Å². The first kappa shape index (κ1) is 24.6. The van der Waals surface area contributed by atoms with Gasteiger partial charge in [-0.25, -0.2) is 12.6 Å². The average molecular weight is 476 g/mol. The topological polar surface area (TPSA) is 110 Å². The summed E-state index contributed by atoms with van der Waals surface area (Å²) in [6.45, 7) is 3.59. The summed E-state index contributed by atoms with van der Waals surface area (Å²) >= 11 is 0. The number of benzene rings is 1. The lowest BCUT2D eigenvalue weighted by atomic mass is 9.99. The van der Waals surface area contributed by atoms with E-state index in [1.54, 1.807) is 6.92 Å². The van der Waals surface area contributed by atoms with Crippen molar-refractivity contribution in [2.75, 3.05) is 0 Å². The molecule has 1 rings (SSSR count). The van der Waals surface area contributed by atoms with Crippen LogP contribution in [0.3, 0.4) is 0 Å². The van der Waals surface area contributed by atoms with Crippen LogP contribution >= 0.6 is 0 Å². The lowest BCUT2D eigenvalue weighted by molar-refractivity contribution is -0.0443. The Morgan fingerprint density at radius 2 is 1.39 bits per heavy atom. The maximum absolute atomic E-state index is 13.0. The maximum atomic E-state index is 13.0.